The maximum atomic E-state index is 13.9. The van der Waals surface area contributed by atoms with Gasteiger partial charge in [-0.05, 0) is 34.6 Å². The number of phosphoric acid groups is 1. The normalized spacial score (nSPS) is 14.3. The Bertz CT molecular complexity index is 655. The number of halogens is 1. The molecule has 0 aromatic carbocycles. The zero-order chi connectivity index (χ0) is 26.4. The summed E-state index contributed by atoms with van der Waals surface area (Å²) in [6.45, 7) is 3.05. The van der Waals surface area contributed by atoms with Crippen LogP contribution in [0.25, 0.3) is 0 Å². The lowest BCUT2D eigenvalue weighted by atomic mass is 10.0. The number of methoxy groups -OCH3 is 1. The first-order valence-corrected chi connectivity index (χ1v) is 11.5. The quantitative estimate of drug-likeness (QED) is 0.135. The lowest BCUT2D eigenvalue weighted by Crippen LogP contribution is -2.51. The van der Waals surface area contributed by atoms with Gasteiger partial charge in [-0.2, -0.15) is 0 Å². The van der Waals surface area contributed by atoms with Crippen molar-refractivity contribution in [3.8, 4) is 0 Å². The third-order valence-corrected chi connectivity index (χ3v) is 5.04. The lowest BCUT2D eigenvalue weighted by molar-refractivity contribution is -0.175. The molecular formula is C18H33FNO13P. The van der Waals surface area contributed by atoms with Crippen LogP contribution in [0, 0.1) is 0 Å². The first-order chi connectivity index (χ1) is 15.8. The Morgan fingerprint density at radius 1 is 0.882 bits per heavy atom. The molecule has 0 saturated carbocycles. The van der Waals surface area contributed by atoms with Gasteiger partial charge >= 0.3 is 26.1 Å². The van der Waals surface area contributed by atoms with E-state index in [9.17, 15) is 23.3 Å². The SMILES string of the molecule is CO[C@](CF)(COP(=O)(OCOC(=O)OC(C)C)OCOC(=O)OC(C)C)[C@H](C)OC(=O)CN. The van der Waals surface area contributed by atoms with E-state index < -0.39 is 83.4 Å². The van der Waals surface area contributed by atoms with E-state index in [0.717, 1.165) is 7.11 Å². The summed E-state index contributed by atoms with van der Waals surface area (Å²) in [4.78, 5) is 34.4. The van der Waals surface area contributed by atoms with E-state index >= 15 is 0 Å². The van der Waals surface area contributed by atoms with Gasteiger partial charge in [-0.25, -0.2) is 27.6 Å². The maximum absolute atomic E-state index is 13.9. The van der Waals surface area contributed by atoms with Gasteiger partial charge in [-0.3, -0.25) is 9.32 Å². The Balaban J connectivity index is 5.32. The van der Waals surface area contributed by atoms with Crippen LogP contribution in [-0.4, -0.2) is 82.7 Å². The molecule has 0 spiro atoms. The summed E-state index contributed by atoms with van der Waals surface area (Å²) in [6.07, 6.45) is -4.54. The number of alkyl halides is 1. The second-order valence-corrected chi connectivity index (χ2v) is 8.74. The van der Waals surface area contributed by atoms with E-state index in [1.54, 1.807) is 27.7 Å². The highest BCUT2D eigenvalue weighted by Crippen LogP contribution is 2.50. The second kappa shape index (κ2) is 15.8. The lowest BCUT2D eigenvalue weighted by Gasteiger charge is -2.35. The molecule has 200 valence electrons. The Kier molecular flexibility index (Phi) is 14.8. The highest BCUT2D eigenvalue weighted by molar-refractivity contribution is 7.48. The summed E-state index contributed by atoms with van der Waals surface area (Å²) in [7, 11) is -3.59. The molecule has 0 fully saturated rings. The second-order valence-electron chi connectivity index (χ2n) is 7.08. The van der Waals surface area contributed by atoms with Crippen molar-refractivity contribution in [1.82, 2.24) is 0 Å². The van der Waals surface area contributed by atoms with Crippen molar-refractivity contribution >= 4 is 26.1 Å². The summed E-state index contributed by atoms with van der Waals surface area (Å²) in [5.74, 6) is -0.854. The van der Waals surface area contributed by atoms with Crippen molar-refractivity contribution in [2.45, 2.75) is 58.5 Å². The molecular weight excluding hydrogens is 488 g/mol. The first-order valence-electron chi connectivity index (χ1n) is 10.0. The fraction of sp³-hybridized carbons (Fsp3) is 0.833. The van der Waals surface area contributed by atoms with Crippen LogP contribution in [0.4, 0.5) is 14.0 Å². The van der Waals surface area contributed by atoms with Crippen LogP contribution in [0.5, 0.6) is 0 Å². The summed E-state index contributed by atoms with van der Waals surface area (Å²) in [5.41, 5.74) is 3.24. The summed E-state index contributed by atoms with van der Waals surface area (Å²) < 4.78 is 70.3. The molecule has 2 N–H and O–H groups in total. The van der Waals surface area contributed by atoms with Gasteiger partial charge in [0.15, 0.2) is 5.60 Å². The molecule has 14 nitrogen and oxygen atoms in total. The van der Waals surface area contributed by atoms with Crippen molar-refractivity contribution in [1.29, 1.82) is 0 Å². The Morgan fingerprint density at radius 3 is 1.71 bits per heavy atom. The molecule has 0 aromatic heterocycles. The van der Waals surface area contributed by atoms with Gasteiger partial charge in [0, 0.05) is 7.11 Å². The topological polar surface area (TPSA) is 177 Å². The van der Waals surface area contributed by atoms with Crippen LogP contribution in [0.1, 0.15) is 34.6 Å². The van der Waals surface area contributed by atoms with E-state index in [2.05, 4.69) is 9.47 Å². The van der Waals surface area contributed by atoms with Gasteiger partial charge in [-0.15, -0.1) is 0 Å². The van der Waals surface area contributed by atoms with Gasteiger partial charge in [-0.1, -0.05) is 0 Å². The monoisotopic (exact) mass is 521 g/mol. The Hall–Kier alpha value is -2.03. The number of carbonyl (C=O) groups is 3. The van der Waals surface area contributed by atoms with Gasteiger partial charge in [0.2, 0.25) is 13.6 Å². The van der Waals surface area contributed by atoms with E-state index in [1.807, 2.05) is 0 Å². The number of rotatable bonds is 16. The van der Waals surface area contributed by atoms with E-state index in [0.29, 0.717) is 0 Å². The molecule has 0 unspecified atom stereocenters. The Morgan fingerprint density at radius 2 is 1.35 bits per heavy atom. The Labute approximate surface area is 197 Å². The van der Waals surface area contributed by atoms with Crippen molar-refractivity contribution < 1.29 is 65.3 Å². The molecule has 0 amide bonds. The smallest absolute Gasteiger partial charge is 0.458 e. The summed E-state index contributed by atoms with van der Waals surface area (Å²) in [6, 6.07) is 0. The van der Waals surface area contributed by atoms with Gasteiger partial charge in [0.1, 0.15) is 12.8 Å². The molecule has 0 aliphatic rings. The average molecular weight is 521 g/mol. The zero-order valence-electron chi connectivity index (χ0n) is 20.0. The number of hydrogen-bond donors (Lipinski definition) is 1. The van der Waals surface area contributed by atoms with Crippen LogP contribution in [0.3, 0.4) is 0 Å². The van der Waals surface area contributed by atoms with E-state index in [1.165, 1.54) is 6.92 Å². The molecule has 0 rings (SSSR count). The molecule has 0 saturated heterocycles. The molecule has 0 aromatic rings. The number of hydrogen-bond acceptors (Lipinski definition) is 14. The third kappa shape index (κ3) is 12.4. The van der Waals surface area contributed by atoms with Crippen LogP contribution in [-0.2, 0) is 51.4 Å². The highest BCUT2D eigenvalue weighted by Gasteiger charge is 2.43. The predicted molar refractivity (Wildman–Crippen MR) is 111 cm³/mol. The molecule has 0 bridgehead atoms. The molecule has 34 heavy (non-hydrogen) atoms. The number of phosphoric ester groups is 1. The van der Waals surface area contributed by atoms with Crippen LogP contribution in [0.2, 0.25) is 0 Å². The summed E-state index contributed by atoms with van der Waals surface area (Å²) >= 11 is 0. The fourth-order valence-electron chi connectivity index (χ4n) is 1.93. The molecule has 0 radical (unpaired) electrons. The van der Waals surface area contributed by atoms with Gasteiger partial charge in [0.25, 0.3) is 0 Å². The summed E-state index contributed by atoms with van der Waals surface area (Å²) in [5, 5.41) is 0. The van der Waals surface area contributed by atoms with E-state index in [-0.39, 0.29) is 0 Å². The van der Waals surface area contributed by atoms with Gasteiger partial charge in [0.05, 0.1) is 25.4 Å². The van der Waals surface area contributed by atoms with Crippen molar-refractivity contribution in [3.63, 3.8) is 0 Å². The largest absolute Gasteiger partial charge is 0.510 e. The van der Waals surface area contributed by atoms with Crippen LogP contribution < -0.4 is 5.73 Å². The van der Waals surface area contributed by atoms with Crippen molar-refractivity contribution in [3.05, 3.63) is 0 Å². The molecule has 2 atom stereocenters. The number of esters is 1. The molecule has 0 aliphatic carbocycles. The minimum Gasteiger partial charge on any atom is -0.458 e. The third-order valence-electron chi connectivity index (χ3n) is 3.75. The highest BCUT2D eigenvalue weighted by atomic mass is 31.2. The first kappa shape index (κ1) is 32.0. The molecule has 16 heteroatoms. The fourth-order valence-corrected chi connectivity index (χ4v) is 2.89. The molecule has 0 aliphatic heterocycles. The van der Waals surface area contributed by atoms with Gasteiger partial charge < -0.3 is 34.2 Å². The van der Waals surface area contributed by atoms with E-state index in [4.69, 9.17) is 38.3 Å². The predicted octanol–water partition coefficient (Wildman–Crippen LogP) is 2.43. The average Bonchev–Trinajstić information content (AvgIpc) is 2.73. The standard InChI is InChI=1S/C18H33FNO13P/c1-12(2)31-16(22)26-10-29-34(24,30-11-27-17(23)32-13(3)4)28-9-18(8-19,25-6)14(5)33-15(21)7-20/h12-14H,7-11,20H2,1-6H3/t14-,18+/m0/s1. The number of ether oxygens (including phenoxy) is 6. The van der Waals surface area contributed by atoms with Crippen molar-refractivity contribution in [2.24, 2.45) is 5.73 Å². The minimum atomic E-state index is -4.68. The van der Waals surface area contributed by atoms with Crippen LogP contribution >= 0.6 is 7.82 Å². The van der Waals surface area contributed by atoms with Crippen LogP contribution in [0.15, 0.2) is 0 Å². The number of carbonyl (C=O) groups excluding carboxylic acids is 3. The number of nitrogens with two attached hydrogens (primary N) is 1. The maximum Gasteiger partial charge on any atom is 0.510 e. The minimum absolute atomic E-state index is 0.477. The molecule has 0 heterocycles. The van der Waals surface area contributed by atoms with Crippen molar-refractivity contribution in [2.75, 3.05) is 40.5 Å². The zero-order valence-corrected chi connectivity index (χ0v) is 20.9.